The predicted octanol–water partition coefficient (Wildman–Crippen LogP) is 0.928. The first-order chi connectivity index (χ1) is 9.48. The Morgan fingerprint density at radius 2 is 1.90 bits per heavy atom. The van der Waals surface area contributed by atoms with Gasteiger partial charge in [0, 0.05) is 32.4 Å². The number of rotatable bonds is 4. The highest BCUT2D eigenvalue weighted by atomic mass is 32.2. The van der Waals surface area contributed by atoms with Crippen LogP contribution in [-0.4, -0.2) is 59.9 Å². The zero-order chi connectivity index (χ0) is 14.8. The van der Waals surface area contributed by atoms with Gasteiger partial charge in [-0.05, 0) is 33.4 Å². The van der Waals surface area contributed by atoms with Crippen molar-refractivity contribution >= 4 is 10.0 Å². The molecule has 1 aliphatic rings. The van der Waals surface area contributed by atoms with Gasteiger partial charge in [0.2, 0.25) is 0 Å². The van der Waals surface area contributed by atoms with E-state index in [1.807, 2.05) is 18.4 Å². The van der Waals surface area contributed by atoms with Crippen LogP contribution in [-0.2, 0) is 16.6 Å². The number of hydrogen-bond donors (Lipinski definition) is 0. The van der Waals surface area contributed by atoms with E-state index in [0.717, 1.165) is 38.4 Å². The maximum Gasteiger partial charge on any atom is 0.262 e. The zero-order valence-electron chi connectivity index (χ0n) is 12.5. The Labute approximate surface area is 121 Å². The van der Waals surface area contributed by atoms with E-state index in [9.17, 15) is 8.42 Å². The molecule has 1 fully saturated rings. The second-order valence-electron chi connectivity index (χ2n) is 5.10. The van der Waals surface area contributed by atoms with Gasteiger partial charge in [-0.2, -0.15) is 4.31 Å². The molecule has 0 aliphatic carbocycles. The molecule has 1 aromatic heterocycles. The van der Waals surface area contributed by atoms with Crippen molar-refractivity contribution in [2.75, 3.05) is 32.7 Å². The van der Waals surface area contributed by atoms with Gasteiger partial charge >= 0.3 is 0 Å². The lowest BCUT2D eigenvalue weighted by atomic mass is 10.4. The summed E-state index contributed by atoms with van der Waals surface area (Å²) < 4.78 is 28.7. The van der Waals surface area contributed by atoms with Crippen molar-refractivity contribution in [2.24, 2.45) is 0 Å². The molecule has 20 heavy (non-hydrogen) atoms. The molecular formula is C13H24N4O2S. The van der Waals surface area contributed by atoms with Gasteiger partial charge in [-0.15, -0.1) is 0 Å². The summed E-state index contributed by atoms with van der Waals surface area (Å²) in [5.74, 6) is 0.746. The van der Waals surface area contributed by atoms with Gasteiger partial charge in [-0.3, -0.25) is 0 Å². The fraction of sp³-hybridized carbons (Fsp3) is 0.769. The molecule has 0 atom stereocenters. The molecule has 2 rings (SSSR count). The molecular weight excluding hydrogens is 276 g/mol. The first kappa shape index (κ1) is 15.5. The fourth-order valence-corrected chi connectivity index (χ4v) is 4.02. The van der Waals surface area contributed by atoms with Crippen LogP contribution in [0.3, 0.4) is 0 Å². The van der Waals surface area contributed by atoms with Crippen LogP contribution in [0.15, 0.2) is 11.2 Å². The Morgan fingerprint density at radius 3 is 2.50 bits per heavy atom. The van der Waals surface area contributed by atoms with Gasteiger partial charge < -0.3 is 9.47 Å². The van der Waals surface area contributed by atoms with E-state index < -0.39 is 10.0 Å². The predicted molar refractivity (Wildman–Crippen MR) is 78.1 cm³/mol. The molecule has 0 aromatic carbocycles. The van der Waals surface area contributed by atoms with Gasteiger partial charge in [0.05, 0.1) is 0 Å². The molecule has 2 heterocycles. The van der Waals surface area contributed by atoms with Crippen LogP contribution in [0.2, 0.25) is 0 Å². The van der Waals surface area contributed by atoms with Crippen LogP contribution in [0.25, 0.3) is 0 Å². The van der Waals surface area contributed by atoms with Crippen LogP contribution in [0.5, 0.6) is 0 Å². The standard InChI is InChI=1S/C13H24N4O2S/c1-4-15-7-6-8-17(10-9-15)20(18,19)13-11-16(5-2)12(3)14-13/h11H,4-10H2,1-3H3. The van der Waals surface area contributed by atoms with E-state index in [4.69, 9.17) is 0 Å². The third kappa shape index (κ3) is 3.05. The van der Waals surface area contributed by atoms with Crippen LogP contribution in [0, 0.1) is 6.92 Å². The summed E-state index contributed by atoms with van der Waals surface area (Å²) in [6.45, 7) is 10.5. The molecule has 0 unspecified atom stereocenters. The van der Waals surface area contributed by atoms with Crippen LogP contribution in [0.1, 0.15) is 26.1 Å². The summed E-state index contributed by atoms with van der Waals surface area (Å²) in [5.41, 5.74) is 0. The molecule has 0 radical (unpaired) electrons. The molecule has 6 nitrogen and oxygen atoms in total. The summed E-state index contributed by atoms with van der Waals surface area (Å²) >= 11 is 0. The smallest absolute Gasteiger partial charge is 0.262 e. The Morgan fingerprint density at radius 1 is 1.15 bits per heavy atom. The normalized spacial score (nSPS) is 19.1. The lowest BCUT2D eigenvalue weighted by molar-refractivity contribution is 0.301. The maximum absolute atomic E-state index is 12.6. The largest absolute Gasteiger partial charge is 0.334 e. The molecule has 7 heteroatoms. The second kappa shape index (κ2) is 6.24. The van der Waals surface area contributed by atoms with Crippen LogP contribution < -0.4 is 0 Å². The lowest BCUT2D eigenvalue weighted by Crippen LogP contribution is -2.35. The number of likely N-dealkylation sites (N-methyl/N-ethyl adjacent to an activating group) is 1. The topological polar surface area (TPSA) is 58.4 Å². The summed E-state index contributed by atoms with van der Waals surface area (Å²) in [7, 11) is -3.45. The molecule has 114 valence electrons. The number of hydrogen-bond acceptors (Lipinski definition) is 4. The highest BCUT2D eigenvalue weighted by Gasteiger charge is 2.29. The van der Waals surface area contributed by atoms with Crippen molar-refractivity contribution in [3.63, 3.8) is 0 Å². The number of nitrogens with zero attached hydrogens (tertiary/aromatic N) is 4. The molecule has 0 spiro atoms. The number of imidazole rings is 1. The van der Waals surface area contributed by atoms with Crippen molar-refractivity contribution in [3.8, 4) is 0 Å². The van der Waals surface area contributed by atoms with E-state index >= 15 is 0 Å². The van der Waals surface area contributed by atoms with Gasteiger partial charge in [0.15, 0.2) is 5.03 Å². The minimum absolute atomic E-state index is 0.182. The first-order valence-corrected chi connectivity index (χ1v) is 8.69. The lowest BCUT2D eigenvalue weighted by Gasteiger charge is -2.19. The molecule has 1 saturated heterocycles. The average molecular weight is 300 g/mol. The molecule has 0 N–H and O–H groups in total. The minimum Gasteiger partial charge on any atom is -0.334 e. The van der Waals surface area contributed by atoms with Crippen molar-refractivity contribution in [1.29, 1.82) is 0 Å². The van der Waals surface area contributed by atoms with Crippen molar-refractivity contribution in [2.45, 2.75) is 38.8 Å². The van der Waals surface area contributed by atoms with E-state index in [0.29, 0.717) is 13.1 Å². The SMILES string of the molecule is CCN1CCCN(S(=O)(=O)c2cn(CC)c(C)n2)CC1. The van der Waals surface area contributed by atoms with Gasteiger partial charge in [-0.25, -0.2) is 13.4 Å². The fourth-order valence-electron chi connectivity index (χ4n) is 2.56. The van der Waals surface area contributed by atoms with E-state index in [1.165, 1.54) is 0 Å². The van der Waals surface area contributed by atoms with Crippen molar-refractivity contribution < 1.29 is 8.42 Å². The van der Waals surface area contributed by atoms with Crippen molar-refractivity contribution in [3.05, 3.63) is 12.0 Å². The molecule has 0 saturated carbocycles. The minimum atomic E-state index is -3.45. The Bertz CT molecular complexity index is 553. The summed E-state index contributed by atoms with van der Waals surface area (Å²) in [5, 5.41) is 0.182. The number of aromatic nitrogens is 2. The number of aryl methyl sites for hydroxylation is 2. The first-order valence-electron chi connectivity index (χ1n) is 7.25. The molecule has 0 bridgehead atoms. The van der Waals surface area contributed by atoms with E-state index in [1.54, 1.807) is 10.5 Å². The monoisotopic (exact) mass is 300 g/mol. The third-order valence-corrected chi connectivity index (χ3v) is 5.66. The molecule has 1 aromatic rings. The second-order valence-corrected chi connectivity index (χ2v) is 6.99. The molecule has 1 aliphatic heterocycles. The van der Waals surface area contributed by atoms with Crippen LogP contribution in [0.4, 0.5) is 0 Å². The summed E-state index contributed by atoms with van der Waals surface area (Å²) in [6, 6.07) is 0. The quantitative estimate of drug-likeness (QED) is 0.830. The molecule has 0 amide bonds. The number of sulfonamides is 1. The van der Waals surface area contributed by atoms with Gasteiger partial charge in [0.25, 0.3) is 10.0 Å². The highest BCUT2D eigenvalue weighted by molar-refractivity contribution is 7.89. The van der Waals surface area contributed by atoms with E-state index in [-0.39, 0.29) is 5.03 Å². The van der Waals surface area contributed by atoms with Crippen molar-refractivity contribution in [1.82, 2.24) is 18.8 Å². The van der Waals surface area contributed by atoms with Gasteiger partial charge in [-0.1, -0.05) is 6.92 Å². The third-order valence-electron chi connectivity index (χ3n) is 3.89. The Hall–Kier alpha value is -0.920. The van der Waals surface area contributed by atoms with Gasteiger partial charge in [0.1, 0.15) is 5.82 Å². The summed E-state index contributed by atoms with van der Waals surface area (Å²) in [6.07, 6.45) is 2.52. The zero-order valence-corrected chi connectivity index (χ0v) is 13.4. The summed E-state index contributed by atoms with van der Waals surface area (Å²) in [4.78, 5) is 6.50. The maximum atomic E-state index is 12.6. The Balaban J connectivity index is 2.21. The van der Waals surface area contributed by atoms with Crippen LogP contribution >= 0.6 is 0 Å². The highest BCUT2D eigenvalue weighted by Crippen LogP contribution is 2.17. The average Bonchev–Trinajstić information content (AvgIpc) is 2.66. The Kier molecular flexibility index (Phi) is 4.82. The van der Waals surface area contributed by atoms with E-state index in [2.05, 4.69) is 16.8 Å².